The Hall–Kier alpha value is -2.46. The highest BCUT2D eigenvalue weighted by molar-refractivity contribution is 6.42. The van der Waals surface area contributed by atoms with Crippen molar-refractivity contribution >= 4 is 23.2 Å². The van der Waals surface area contributed by atoms with Crippen LogP contribution >= 0.6 is 23.2 Å². The molecule has 0 aliphatic carbocycles. The van der Waals surface area contributed by atoms with E-state index in [-0.39, 0.29) is 28.1 Å². The minimum Gasteiger partial charge on any atom is -0.440 e. The summed E-state index contributed by atoms with van der Waals surface area (Å²) in [6.45, 7) is 2.97. The van der Waals surface area contributed by atoms with Crippen LogP contribution in [0.25, 0.3) is 0 Å². The molecule has 1 saturated heterocycles. The molecule has 0 bridgehead atoms. The monoisotopic (exact) mass is 431 g/mol. The Morgan fingerprint density at radius 3 is 2.86 bits per heavy atom. The van der Waals surface area contributed by atoms with E-state index in [4.69, 9.17) is 38.4 Å². The second kappa shape index (κ2) is 7.75. The molecule has 2 atom stereocenters. The topological polar surface area (TPSA) is 90.3 Å². The van der Waals surface area contributed by atoms with Gasteiger partial charge in [-0.3, -0.25) is 4.79 Å². The van der Waals surface area contributed by atoms with Crippen molar-refractivity contribution in [1.82, 2.24) is 4.57 Å². The first-order valence-corrected chi connectivity index (χ1v) is 10.1. The largest absolute Gasteiger partial charge is 0.440 e. The van der Waals surface area contributed by atoms with E-state index in [1.54, 1.807) is 28.8 Å². The first-order valence-electron chi connectivity index (χ1n) is 9.29. The van der Waals surface area contributed by atoms with Gasteiger partial charge in [-0.2, -0.15) is 5.26 Å². The van der Waals surface area contributed by atoms with Crippen molar-refractivity contribution in [3.8, 4) is 11.8 Å². The van der Waals surface area contributed by atoms with E-state index < -0.39 is 5.92 Å². The van der Waals surface area contributed by atoms with Gasteiger partial charge in [0.25, 0.3) is 5.56 Å². The number of fused-ring (bicyclic) bond motifs is 1. The number of nitriles is 1. The third-order valence-electron chi connectivity index (χ3n) is 5.39. The summed E-state index contributed by atoms with van der Waals surface area (Å²) in [6, 6.07) is 8.96. The summed E-state index contributed by atoms with van der Waals surface area (Å²) >= 11 is 12.7. The molecule has 2 aliphatic rings. The van der Waals surface area contributed by atoms with Crippen molar-refractivity contribution in [2.24, 2.45) is 5.73 Å². The molecule has 0 unspecified atom stereocenters. The third kappa shape index (κ3) is 3.40. The van der Waals surface area contributed by atoms with Crippen LogP contribution in [0.2, 0.25) is 10.0 Å². The Kier molecular flexibility index (Phi) is 5.30. The predicted molar refractivity (Wildman–Crippen MR) is 110 cm³/mol. The van der Waals surface area contributed by atoms with Gasteiger partial charge in [-0.05, 0) is 31.4 Å². The number of nitrogens with zero attached hydrogens (tertiary/aromatic N) is 2. The van der Waals surface area contributed by atoms with E-state index in [2.05, 4.69) is 6.07 Å². The van der Waals surface area contributed by atoms with E-state index >= 15 is 0 Å². The van der Waals surface area contributed by atoms with E-state index in [0.29, 0.717) is 35.1 Å². The molecule has 2 aromatic rings. The zero-order chi connectivity index (χ0) is 20.7. The molecule has 6 nitrogen and oxygen atoms in total. The molecule has 1 aromatic heterocycles. The molecule has 1 fully saturated rings. The molecular formula is C21H19Cl2N3O3. The number of ether oxygens (including phenoxy) is 2. The minimum atomic E-state index is -0.765. The Bertz CT molecular complexity index is 1110. The zero-order valence-corrected chi connectivity index (χ0v) is 17.3. The zero-order valence-electron chi connectivity index (χ0n) is 15.7. The molecule has 0 spiro atoms. The highest BCUT2D eigenvalue weighted by Gasteiger charge is 2.36. The van der Waals surface area contributed by atoms with Crippen LogP contribution in [0.4, 0.5) is 0 Å². The number of benzene rings is 1. The van der Waals surface area contributed by atoms with Gasteiger partial charge in [0.1, 0.15) is 17.4 Å². The van der Waals surface area contributed by atoms with Crippen LogP contribution in [-0.2, 0) is 11.3 Å². The van der Waals surface area contributed by atoms with Crippen LogP contribution in [0.3, 0.4) is 0 Å². The molecule has 1 aromatic carbocycles. The van der Waals surface area contributed by atoms with Crippen LogP contribution < -0.4 is 16.0 Å². The maximum absolute atomic E-state index is 13.5. The number of pyridine rings is 1. The summed E-state index contributed by atoms with van der Waals surface area (Å²) in [5.41, 5.74) is 7.49. The van der Waals surface area contributed by atoms with Crippen LogP contribution in [0.1, 0.15) is 35.6 Å². The first kappa shape index (κ1) is 19.8. The Labute approximate surface area is 178 Å². The summed E-state index contributed by atoms with van der Waals surface area (Å²) in [7, 11) is 0. The maximum atomic E-state index is 13.5. The number of nitrogens with two attached hydrogens (primary N) is 1. The van der Waals surface area contributed by atoms with Gasteiger partial charge in [-0.1, -0.05) is 35.3 Å². The van der Waals surface area contributed by atoms with Gasteiger partial charge in [0, 0.05) is 18.4 Å². The Morgan fingerprint density at radius 1 is 1.38 bits per heavy atom. The third-order valence-corrected chi connectivity index (χ3v) is 6.23. The average molecular weight is 432 g/mol. The number of hydrogen-bond donors (Lipinski definition) is 1. The average Bonchev–Trinajstić information content (AvgIpc) is 3.20. The predicted octanol–water partition coefficient (Wildman–Crippen LogP) is 3.86. The minimum absolute atomic E-state index is 0.0155. The van der Waals surface area contributed by atoms with Crippen molar-refractivity contribution in [1.29, 1.82) is 5.26 Å². The molecule has 8 heteroatoms. The summed E-state index contributed by atoms with van der Waals surface area (Å²) in [6.07, 6.45) is 1.86. The van der Waals surface area contributed by atoms with E-state index in [0.717, 1.165) is 18.5 Å². The van der Waals surface area contributed by atoms with E-state index in [1.165, 1.54) is 0 Å². The number of rotatable bonds is 3. The van der Waals surface area contributed by atoms with E-state index in [1.807, 2.05) is 6.92 Å². The van der Waals surface area contributed by atoms with Crippen LogP contribution in [0.5, 0.6) is 5.75 Å². The SMILES string of the molecule is Cc1cc2c(c(=O)n1C[C@@H]1CCCO1)[C@@H](c1cccc(Cl)c1Cl)C(C#N)=C(N)O2. The van der Waals surface area contributed by atoms with Gasteiger partial charge in [-0.25, -0.2) is 0 Å². The maximum Gasteiger partial charge on any atom is 0.258 e. The molecule has 0 saturated carbocycles. The summed E-state index contributed by atoms with van der Waals surface area (Å²) in [5, 5.41) is 10.4. The quantitative estimate of drug-likeness (QED) is 0.796. The van der Waals surface area contributed by atoms with Crippen molar-refractivity contribution < 1.29 is 9.47 Å². The fourth-order valence-electron chi connectivity index (χ4n) is 3.96. The lowest BCUT2D eigenvalue weighted by Crippen LogP contribution is -2.35. The standard InChI is InChI=1S/C21H19Cl2N3O3/c1-11-8-16-18(21(27)26(11)10-12-4-3-7-28-12)17(14(9-24)20(25)29-16)13-5-2-6-15(22)19(13)23/h2,5-6,8,12,17H,3-4,7,10,25H2,1H3/t12-,17-/m0/s1. The second-order valence-electron chi connectivity index (χ2n) is 7.18. The molecule has 0 amide bonds. The summed E-state index contributed by atoms with van der Waals surface area (Å²) < 4.78 is 13.0. The lowest BCUT2D eigenvalue weighted by atomic mass is 9.84. The van der Waals surface area contributed by atoms with Gasteiger partial charge in [0.15, 0.2) is 0 Å². The Morgan fingerprint density at radius 2 is 2.17 bits per heavy atom. The number of allylic oxidation sites excluding steroid dienone is 1. The summed E-state index contributed by atoms with van der Waals surface area (Å²) in [4.78, 5) is 13.5. The van der Waals surface area contributed by atoms with Gasteiger partial charge < -0.3 is 19.8 Å². The smallest absolute Gasteiger partial charge is 0.258 e. The molecule has 2 N–H and O–H groups in total. The second-order valence-corrected chi connectivity index (χ2v) is 7.97. The molecule has 29 heavy (non-hydrogen) atoms. The van der Waals surface area contributed by atoms with Crippen LogP contribution in [0, 0.1) is 18.3 Å². The number of halogens is 2. The molecule has 2 aliphatic heterocycles. The lowest BCUT2D eigenvalue weighted by Gasteiger charge is -2.28. The fraction of sp³-hybridized carbons (Fsp3) is 0.333. The molecule has 0 radical (unpaired) electrons. The van der Waals surface area contributed by atoms with Gasteiger partial charge in [0.2, 0.25) is 5.88 Å². The van der Waals surface area contributed by atoms with Crippen molar-refractivity contribution in [2.45, 2.75) is 38.3 Å². The van der Waals surface area contributed by atoms with Crippen molar-refractivity contribution in [2.75, 3.05) is 6.61 Å². The van der Waals surface area contributed by atoms with Gasteiger partial charge in [-0.15, -0.1) is 0 Å². The normalized spacial score (nSPS) is 20.9. The van der Waals surface area contributed by atoms with Crippen molar-refractivity contribution in [3.63, 3.8) is 0 Å². The number of aromatic nitrogens is 1. The van der Waals surface area contributed by atoms with Gasteiger partial charge in [0.05, 0.1) is 34.2 Å². The number of aryl methyl sites for hydroxylation is 1. The molecule has 4 rings (SSSR count). The van der Waals surface area contributed by atoms with Crippen LogP contribution in [-0.4, -0.2) is 17.3 Å². The van der Waals surface area contributed by atoms with Crippen LogP contribution in [0.15, 0.2) is 40.5 Å². The summed E-state index contributed by atoms with van der Waals surface area (Å²) in [5.74, 6) is -0.482. The molecular weight excluding hydrogens is 413 g/mol. The van der Waals surface area contributed by atoms with Crippen molar-refractivity contribution in [3.05, 3.63) is 72.9 Å². The molecule has 150 valence electrons. The number of hydrogen-bond acceptors (Lipinski definition) is 5. The lowest BCUT2D eigenvalue weighted by molar-refractivity contribution is 0.0955. The fourth-order valence-corrected chi connectivity index (χ4v) is 4.38. The highest BCUT2D eigenvalue weighted by atomic mass is 35.5. The Balaban J connectivity index is 1.94. The van der Waals surface area contributed by atoms with Gasteiger partial charge >= 0.3 is 0 Å². The highest BCUT2D eigenvalue weighted by Crippen LogP contribution is 2.44. The van der Waals surface area contributed by atoms with E-state index in [9.17, 15) is 10.1 Å². The first-order chi connectivity index (χ1) is 13.9. The molecule has 3 heterocycles.